The first kappa shape index (κ1) is 12.8. The SMILES string of the molecule is CCOC(=O)c1cc(C)nn1-c1cccc(C#N)c1. The van der Waals surface area contributed by atoms with Crippen LogP contribution in [-0.2, 0) is 4.74 Å². The van der Waals surface area contributed by atoms with Gasteiger partial charge in [0, 0.05) is 0 Å². The highest BCUT2D eigenvalue weighted by Gasteiger charge is 2.16. The summed E-state index contributed by atoms with van der Waals surface area (Å²) in [6.45, 7) is 3.86. The zero-order valence-electron chi connectivity index (χ0n) is 10.8. The molecule has 0 saturated carbocycles. The van der Waals surface area contributed by atoms with E-state index in [9.17, 15) is 4.79 Å². The van der Waals surface area contributed by atoms with Crippen LogP contribution < -0.4 is 0 Å². The molecule has 0 saturated heterocycles. The molecular weight excluding hydrogens is 242 g/mol. The number of carbonyl (C=O) groups is 1. The molecule has 5 nitrogen and oxygen atoms in total. The van der Waals surface area contributed by atoms with E-state index in [1.807, 2.05) is 0 Å². The zero-order valence-corrected chi connectivity index (χ0v) is 10.8. The molecule has 0 N–H and O–H groups in total. The van der Waals surface area contributed by atoms with Gasteiger partial charge >= 0.3 is 5.97 Å². The van der Waals surface area contributed by atoms with Crippen molar-refractivity contribution in [1.29, 1.82) is 5.26 Å². The molecule has 2 rings (SSSR count). The minimum absolute atomic E-state index is 0.307. The van der Waals surface area contributed by atoms with Crippen molar-refractivity contribution in [2.24, 2.45) is 0 Å². The average Bonchev–Trinajstić information content (AvgIpc) is 2.81. The molecule has 19 heavy (non-hydrogen) atoms. The van der Waals surface area contributed by atoms with E-state index < -0.39 is 5.97 Å². The second kappa shape index (κ2) is 5.36. The van der Waals surface area contributed by atoms with Crippen LogP contribution in [0.25, 0.3) is 5.69 Å². The summed E-state index contributed by atoms with van der Waals surface area (Å²) in [4.78, 5) is 11.9. The Bertz CT molecular complexity index is 653. The molecule has 2 aromatic rings. The summed E-state index contributed by atoms with van der Waals surface area (Å²) in [5.74, 6) is -0.425. The van der Waals surface area contributed by atoms with Gasteiger partial charge in [-0.05, 0) is 38.1 Å². The molecule has 1 aromatic carbocycles. The Labute approximate surface area is 111 Å². The van der Waals surface area contributed by atoms with Crippen molar-refractivity contribution in [1.82, 2.24) is 9.78 Å². The summed E-state index contributed by atoms with van der Waals surface area (Å²) in [7, 11) is 0. The van der Waals surface area contributed by atoms with Crippen LogP contribution in [-0.4, -0.2) is 22.4 Å². The topological polar surface area (TPSA) is 67.9 Å². The predicted molar refractivity (Wildman–Crippen MR) is 69.0 cm³/mol. The molecule has 0 aliphatic rings. The fraction of sp³-hybridized carbons (Fsp3) is 0.214. The Hall–Kier alpha value is -2.61. The van der Waals surface area contributed by atoms with Crippen LogP contribution in [0.4, 0.5) is 0 Å². The van der Waals surface area contributed by atoms with Crippen LogP contribution in [0, 0.1) is 18.3 Å². The molecule has 5 heteroatoms. The number of rotatable bonds is 3. The van der Waals surface area contributed by atoms with E-state index in [0.717, 1.165) is 0 Å². The molecule has 1 aromatic heterocycles. The quantitative estimate of drug-likeness (QED) is 0.789. The summed E-state index contributed by atoms with van der Waals surface area (Å²) >= 11 is 0. The molecule has 0 aliphatic carbocycles. The fourth-order valence-electron chi connectivity index (χ4n) is 1.75. The normalized spacial score (nSPS) is 9.95. The van der Waals surface area contributed by atoms with E-state index in [4.69, 9.17) is 10.00 Å². The van der Waals surface area contributed by atoms with Crippen molar-refractivity contribution in [2.75, 3.05) is 6.61 Å². The van der Waals surface area contributed by atoms with Crippen LogP contribution in [0.15, 0.2) is 30.3 Å². The molecule has 0 unspecified atom stereocenters. The van der Waals surface area contributed by atoms with Crippen LogP contribution >= 0.6 is 0 Å². The molecule has 0 radical (unpaired) electrons. The molecule has 0 fully saturated rings. The van der Waals surface area contributed by atoms with Crippen LogP contribution in [0.2, 0.25) is 0 Å². The maximum Gasteiger partial charge on any atom is 0.357 e. The highest BCUT2D eigenvalue weighted by Crippen LogP contribution is 2.15. The van der Waals surface area contributed by atoms with Gasteiger partial charge in [0.1, 0.15) is 0 Å². The molecule has 0 spiro atoms. The molecule has 96 valence electrons. The van der Waals surface area contributed by atoms with Gasteiger partial charge in [-0.2, -0.15) is 10.4 Å². The van der Waals surface area contributed by atoms with Crippen molar-refractivity contribution in [2.45, 2.75) is 13.8 Å². The maximum atomic E-state index is 11.9. The summed E-state index contributed by atoms with van der Waals surface area (Å²) < 4.78 is 6.49. The molecule has 1 heterocycles. The van der Waals surface area contributed by atoms with Crippen LogP contribution in [0.3, 0.4) is 0 Å². The fourth-order valence-corrected chi connectivity index (χ4v) is 1.75. The standard InChI is InChI=1S/C14H13N3O2/c1-3-19-14(18)13-7-10(2)16-17(13)12-6-4-5-11(8-12)9-15/h4-8H,3H2,1-2H3. The van der Waals surface area contributed by atoms with Crippen molar-refractivity contribution in [3.05, 3.63) is 47.3 Å². The highest BCUT2D eigenvalue weighted by molar-refractivity contribution is 5.88. The van der Waals surface area contributed by atoms with Gasteiger partial charge in [0.05, 0.1) is 29.6 Å². The van der Waals surface area contributed by atoms with Crippen molar-refractivity contribution in [3.8, 4) is 11.8 Å². The lowest BCUT2D eigenvalue weighted by Crippen LogP contribution is -2.12. The lowest BCUT2D eigenvalue weighted by molar-refractivity contribution is 0.0515. The average molecular weight is 255 g/mol. The van der Waals surface area contributed by atoms with E-state index in [1.54, 1.807) is 44.2 Å². The van der Waals surface area contributed by atoms with Crippen molar-refractivity contribution >= 4 is 5.97 Å². The largest absolute Gasteiger partial charge is 0.461 e. The van der Waals surface area contributed by atoms with E-state index in [-0.39, 0.29) is 0 Å². The molecule has 0 aliphatic heterocycles. The first-order valence-electron chi connectivity index (χ1n) is 5.90. The summed E-state index contributed by atoms with van der Waals surface area (Å²) in [5, 5.41) is 13.2. The number of aryl methyl sites for hydroxylation is 1. The van der Waals surface area contributed by atoms with Crippen molar-refractivity contribution in [3.63, 3.8) is 0 Å². The zero-order chi connectivity index (χ0) is 13.8. The van der Waals surface area contributed by atoms with Gasteiger partial charge in [-0.1, -0.05) is 6.07 Å². The Balaban J connectivity index is 2.50. The Morgan fingerprint density at radius 1 is 1.47 bits per heavy atom. The third-order valence-electron chi connectivity index (χ3n) is 2.54. The molecule has 0 bridgehead atoms. The first-order chi connectivity index (χ1) is 9.15. The van der Waals surface area contributed by atoms with E-state index >= 15 is 0 Å². The smallest absolute Gasteiger partial charge is 0.357 e. The number of hydrogen-bond acceptors (Lipinski definition) is 4. The number of esters is 1. The van der Waals surface area contributed by atoms with Crippen molar-refractivity contribution < 1.29 is 9.53 Å². The maximum absolute atomic E-state index is 11.9. The minimum atomic E-state index is -0.425. The summed E-state index contributed by atoms with van der Waals surface area (Å²) in [5.41, 5.74) is 2.25. The number of nitriles is 1. The second-order valence-corrected chi connectivity index (χ2v) is 3.97. The number of hydrogen-bond donors (Lipinski definition) is 0. The predicted octanol–water partition coefficient (Wildman–Crippen LogP) is 2.23. The third-order valence-corrected chi connectivity index (χ3v) is 2.54. The van der Waals surface area contributed by atoms with E-state index in [2.05, 4.69) is 11.2 Å². The number of ether oxygens (including phenoxy) is 1. The Kier molecular flexibility index (Phi) is 3.62. The van der Waals surface area contributed by atoms with E-state index in [0.29, 0.717) is 29.2 Å². The Morgan fingerprint density at radius 3 is 2.95 bits per heavy atom. The molecule has 0 atom stereocenters. The van der Waals surface area contributed by atoms with Gasteiger partial charge in [0.15, 0.2) is 5.69 Å². The van der Waals surface area contributed by atoms with E-state index in [1.165, 1.54) is 4.68 Å². The Morgan fingerprint density at radius 2 is 2.26 bits per heavy atom. The van der Waals surface area contributed by atoms with Gasteiger partial charge in [0.25, 0.3) is 0 Å². The molecule has 0 amide bonds. The first-order valence-corrected chi connectivity index (χ1v) is 5.90. The van der Waals surface area contributed by atoms with Gasteiger partial charge in [0.2, 0.25) is 0 Å². The summed E-state index contributed by atoms with van der Waals surface area (Å²) in [6.07, 6.45) is 0. The van der Waals surface area contributed by atoms with Gasteiger partial charge < -0.3 is 4.74 Å². The number of benzene rings is 1. The monoisotopic (exact) mass is 255 g/mol. The van der Waals surface area contributed by atoms with Gasteiger partial charge in [-0.3, -0.25) is 0 Å². The van der Waals surface area contributed by atoms with Gasteiger partial charge in [-0.25, -0.2) is 9.48 Å². The molecular formula is C14H13N3O2. The minimum Gasteiger partial charge on any atom is -0.461 e. The summed E-state index contributed by atoms with van der Waals surface area (Å²) in [6, 6.07) is 10.6. The number of aromatic nitrogens is 2. The third kappa shape index (κ3) is 2.63. The van der Waals surface area contributed by atoms with Gasteiger partial charge in [-0.15, -0.1) is 0 Å². The van der Waals surface area contributed by atoms with Crippen LogP contribution in [0.1, 0.15) is 28.7 Å². The lowest BCUT2D eigenvalue weighted by Gasteiger charge is -2.06. The number of carbonyl (C=O) groups excluding carboxylic acids is 1. The second-order valence-electron chi connectivity index (χ2n) is 3.97. The van der Waals surface area contributed by atoms with Crippen LogP contribution in [0.5, 0.6) is 0 Å². The number of nitrogens with zero attached hydrogens (tertiary/aromatic N) is 3. The lowest BCUT2D eigenvalue weighted by atomic mass is 10.2. The highest BCUT2D eigenvalue weighted by atomic mass is 16.5.